The largest absolute Gasteiger partial charge is 0.299 e. The van der Waals surface area contributed by atoms with Crippen molar-refractivity contribution >= 4 is 0 Å². The van der Waals surface area contributed by atoms with Gasteiger partial charge in [0.05, 0.1) is 18.2 Å². The van der Waals surface area contributed by atoms with Gasteiger partial charge in [0.25, 0.3) is 0 Å². The van der Waals surface area contributed by atoms with Crippen molar-refractivity contribution in [1.82, 2.24) is 14.7 Å². The van der Waals surface area contributed by atoms with E-state index in [1.54, 1.807) is 4.68 Å². The Hall–Kier alpha value is -1.43. The van der Waals surface area contributed by atoms with Crippen LogP contribution in [0.15, 0.2) is 12.3 Å². The third kappa shape index (κ3) is 1.85. The number of hydrogen-bond acceptors (Lipinski definition) is 4. The van der Waals surface area contributed by atoms with Gasteiger partial charge in [0.15, 0.2) is 0 Å². The molecular weight excluding hydrogens is 196 g/mol. The van der Waals surface area contributed by atoms with E-state index in [4.69, 9.17) is 0 Å². The van der Waals surface area contributed by atoms with Crippen LogP contribution in [0.2, 0.25) is 0 Å². The molecule has 0 aliphatic carbocycles. The number of nitrogens with zero attached hydrogens (tertiary/aromatic N) is 4. The maximum atomic E-state index is 10.9. The summed E-state index contributed by atoms with van der Waals surface area (Å²) in [6.07, 6.45) is 1.82. The molecule has 1 saturated heterocycles. The zero-order valence-corrected chi connectivity index (χ0v) is 8.83. The highest BCUT2D eigenvalue weighted by Crippen LogP contribution is 2.27. The summed E-state index contributed by atoms with van der Waals surface area (Å²) in [6.45, 7) is 1.22. The summed E-state index contributed by atoms with van der Waals surface area (Å²) in [4.78, 5) is 12.7. The molecule has 1 fully saturated rings. The third-order valence-corrected chi connectivity index (χ3v) is 2.86. The molecular formula is C9H14N4O2. The van der Waals surface area contributed by atoms with E-state index in [2.05, 4.69) is 5.10 Å². The summed E-state index contributed by atoms with van der Waals surface area (Å²) in [5.74, 6) is -0.0776. The van der Waals surface area contributed by atoms with Gasteiger partial charge in [0.2, 0.25) is 6.04 Å². The Labute approximate surface area is 87.6 Å². The van der Waals surface area contributed by atoms with Gasteiger partial charge in [-0.15, -0.1) is 0 Å². The van der Waals surface area contributed by atoms with Crippen LogP contribution in [-0.4, -0.2) is 45.8 Å². The monoisotopic (exact) mass is 210 g/mol. The third-order valence-electron chi connectivity index (χ3n) is 2.86. The van der Waals surface area contributed by atoms with Crippen molar-refractivity contribution in [3.63, 3.8) is 0 Å². The molecule has 1 aliphatic heterocycles. The number of nitro groups is 1. The summed E-state index contributed by atoms with van der Waals surface area (Å²) in [5, 5.41) is 15.1. The maximum Gasteiger partial charge on any atom is 0.235 e. The van der Waals surface area contributed by atoms with Crippen LogP contribution in [0.1, 0.15) is 11.6 Å². The summed E-state index contributed by atoms with van der Waals surface area (Å²) in [7, 11) is 3.72. The second-order valence-corrected chi connectivity index (χ2v) is 4.09. The SMILES string of the molecule is CN1C[C@@H]([N+](=O)[O-])[C@H](c2ccn(C)n2)C1. The number of likely N-dealkylation sites (N-methyl/N-ethyl adjacent to an activating group) is 1. The molecule has 1 aromatic rings. The minimum atomic E-state index is -0.523. The van der Waals surface area contributed by atoms with E-state index in [0.29, 0.717) is 13.1 Å². The highest BCUT2D eigenvalue weighted by Gasteiger charge is 2.41. The zero-order chi connectivity index (χ0) is 11.0. The molecule has 82 valence electrons. The number of rotatable bonds is 2. The number of hydrogen-bond donors (Lipinski definition) is 0. The fourth-order valence-corrected chi connectivity index (χ4v) is 2.11. The van der Waals surface area contributed by atoms with Crippen molar-refractivity contribution in [3.8, 4) is 0 Å². The van der Waals surface area contributed by atoms with Gasteiger partial charge in [-0.1, -0.05) is 0 Å². The first-order valence-electron chi connectivity index (χ1n) is 4.89. The minimum absolute atomic E-state index is 0.0776. The fourth-order valence-electron chi connectivity index (χ4n) is 2.11. The molecule has 0 saturated carbocycles. The Kier molecular flexibility index (Phi) is 2.44. The van der Waals surface area contributed by atoms with E-state index in [9.17, 15) is 10.1 Å². The van der Waals surface area contributed by atoms with Crippen molar-refractivity contribution in [2.24, 2.45) is 7.05 Å². The Balaban J connectivity index is 2.24. The Morgan fingerprint density at radius 3 is 2.80 bits per heavy atom. The first kappa shape index (κ1) is 10.1. The van der Waals surface area contributed by atoms with Gasteiger partial charge in [0, 0.05) is 24.7 Å². The summed E-state index contributed by atoms with van der Waals surface area (Å²) < 4.78 is 1.69. The van der Waals surface area contributed by atoms with Crippen LogP contribution in [-0.2, 0) is 7.05 Å². The minimum Gasteiger partial charge on any atom is -0.299 e. The first-order chi connectivity index (χ1) is 7.08. The molecule has 2 rings (SSSR count). The predicted octanol–water partition coefficient (Wildman–Crippen LogP) is 0.0944. The molecule has 0 amide bonds. The van der Waals surface area contributed by atoms with Crippen molar-refractivity contribution in [3.05, 3.63) is 28.1 Å². The summed E-state index contributed by atoms with van der Waals surface area (Å²) in [5.41, 5.74) is 0.823. The molecule has 0 radical (unpaired) electrons. The normalized spacial score (nSPS) is 27.1. The fraction of sp³-hybridized carbons (Fsp3) is 0.667. The Morgan fingerprint density at radius 1 is 1.53 bits per heavy atom. The molecule has 0 N–H and O–H groups in total. The van der Waals surface area contributed by atoms with Gasteiger partial charge in [-0.2, -0.15) is 5.10 Å². The lowest BCUT2D eigenvalue weighted by molar-refractivity contribution is -0.521. The number of likely N-dealkylation sites (tertiary alicyclic amines) is 1. The topological polar surface area (TPSA) is 64.2 Å². The van der Waals surface area contributed by atoms with Crippen molar-refractivity contribution in [1.29, 1.82) is 0 Å². The van der Waals surface area contributed by atoms with Gasteiger partial charge in [-0.3, -0.25) is 19.7 Å². The van der Waals surface area contributed by atoms with Crippen molar-refractivity contribution in [2.75, 3.05) is 20.1 Å². The van der Waals surface area contributed by atoms with E-state index in [1.807, 2.05) is 31.3 Å². The first-order valence-corrected chi connectivity index (χ1v) is 4.89. The zero-order valence-electron chi connectivity index (χ0n) is 8.83. The van der Waals surface area contributed by atoms with Crippen LogP contribution in [0.25, 0.3) is 0 Å². The Bertz CT molecular complexity index is 376. The molecule has 6 nitrogen and oxygen atoms in total. The van der Waals surface area contributed by atoms with Crippen LogP contribution in [0.3, 0.4) is 0 Å². The molecule has 0 spiro atoms. The van der Waals surface area contributed by atoms with E-state index in [0.717, 1.165) is 5.69 Å². The molecule has 0 unspecified atom stereocenters. The molecule has 15 heavy (non-hydrogen) atoms. The standard InChI is InChI=1S/C9H14N4O2/c1-11-5-7(9(6-11)13(14)15)8-3-4-12(2)10-8/h3-4,7,9H,5-6H2,1-2H3/t7-,9+/m0/s1. The quantitative estimate of drug-likeness (QED) is 0.513. The van der Waals surface area contributed by atoms with Gasteiger partial charge >= 0.3 is 0 Å². The predicted molar refractivity (Wildman–Crippen MR) is 54.2 cm³/mol. The van der Waals surface area contributed by atoms with E-state index in [-0.39, 0.29) is 10.8 Å². The van der Waals surface area contributed by atoms with Gasteiger partial charge in [0.1, 0.15) is 0 Å². The average Bonchev–Trinajstić information content (AvgIpc) is 2.71. The Morgan fingerprint density at radius 2 is 2.27 bits per heavy atom. The lowest BCUT2D eigenvalue weighted by Crippen LogP contribution is -2.27. The molecule has 2 heterocycles. The highest BCUT2D eigenvalue weighted by atomic mass is 16.6. The lowest BCUT2D eigenvalue weighted by atomic mass is 10.0. The molecule has 6 heteroatoms. The van der Waals surface area contributed by atoms with Crippen LogP contribution in [0.5, 0.6) is 0 Å². The molecule has 1 aliphatic rings. The van der Waals surface area contributed by atoms with Gasteiger partial charge in [-0.05, 0) is 13.1 Å². The number of aryl methyl sites for hydroxylation is 1. The average molecular weight is 210 g/mol. The smallest absolute Gasteiger partial charge is 0.235 e. The molecule has 1 aromatic heterocycles. The van der Waals surface area contributed by atoms with E-state index < -0.39 is 6.04 Å². The van der Waals surface area contributed by atoms with Gasteiger partial charge < -0.3 is 0 Å². The van der Waals surface area contributed by atoms with Crippen LogP contribution >= 0.6 is 0 Å². The van der Waals surface area contributed by atoms with Crippen LogP contribution in [0, 0.1) is 10.1 Å². The van der Waals surface area contributed by atoms with E-state index in [1.165, 1.54) is 0 Å². The lowest BCUT2D eigenvalue weighted by Gasteiger charge is -2.08. The highest BCUT2D eigenvalue weighted by molar-refractivity contribution is 5.12. The molecule has 0 bridgehead atoms. The summed E-state index contributed by atoms with van der Waals surface area (Å²) in [6, 6.07) is 1.34. The van der Waals surface area contributed by atoms with Gasteiger partial charge in [-0.25, -0.2) is 0 Å². The second-order valence-electron chi connectivity index (χ2n) is 4.09. The molecule has 0 aromatic carbocycles. The van der Waals surface area contributed by atoms with Crippen LogP contribution in [0.4, 0.5) is 0 Å². The second kappa shape index (κ2) is 3.62. The van der Waals surface area contributed by atoms with Crippen molar-refractivity contribution in [2.45, 2.75) is 12.0 Å². The molecule has 2 atom stereocenters. The number of aromatic nitrogens is 2. The maximum absolute atomic E-state index is 10.9. The summed E-state index contributed by atoms with van der Waals surface area (Å²) >= 11 is 0. The van der Waals surface area contributed by atoms with E-state index >= 15 is 0 Å². The van der Waals surface area contributed by atoms with Crippen LogP contribution < -0.4 is 0 Å². The van der Waals surface area contributed by atoms with Crippen molar-refractivity contribution < 1.29 is 4.92 Å².